The highest BCUT2D eigenvalue weighted by molar-refractivity contribution is 5.54. The van der Waals surface area contributed by atoms with E-state index in [4.69, 9.17) is 4.74 Å². The van der Waals surface area contributed by atoms with E-state index in [1.54, 1.807) is 6.20 Å². The zero-order valence-corrected chi connectivity index (χ0v) is 9.22. The van der Waals surface area contributed by atoms with Gasteiger partial charge < -0.3 is 14.3 Å². The Morgan fingerprint density at radius 1 is 1.35 bits per heavy atom. The number of nitrogens with zero attached hydrogens (tertiary/aromatic N) is 3. The van der Waals surface area contributed by atoms with Gasteiger partial charge in [-0.3, -0.25) is 4.79 Å². The number of nitrogens with one attached hydrogen (secondary N) is 1. The number of H-pyrrole nitrogens is 1. The number of fused-ring (bicyclic) bond motifs is 1. The van der Waals surface area contributed by atoms with Gasteiger partial charge in [-0.1, -0.05) is 0 Å². The Morgan fingerprint density at radius 3 is 3.18 bits per heavy atom. The molecule has 1 N–H and O–H groups in total. The number of hydrogen-bond acceptors (Lipinski definition) is 4. The number of aromatic amines is 1. The third-order valence-electron chi connectivity index (χ3n) is 2.79. The van der Waals surface area contributed by atoms with Gasteiger partial charge in [-0.25, -0.2) is 0 Å². The maximum Gasteiger partial charge on any atom is 0.248 e. The number of hydrogen-bond donors (Lipinski definition) is 1. The number of rotatable bonds is 1. The highest BCUT2D eigenvalue weighted by Gasteiger charge is 2.16. The minimum atomic E-state index is -0.135. The molecule has 0 unspecified atom stereocenters. The summed E-state index contributed by atoms with van der Waals surface area (Å²) in [7, 11) is 0. The average molecular weight is 232 g/mol. The van der Waals surface area contributed by atoms with Gasteiger partial charge in [-0.2, -0.15) is 0 Å². The monoisotopic (exact) mass is 232 g/mol. The predicted octanol–water partition coefficient (Wildman–Crippen LogP) is 0.206. The smallest absolute Gasteiger partial charge is 0.248 e. The standard InChI is InChI=1S/C11H12N4O2/c16-10-7-8(1-3-12-10)11-14-13-9-2-5-17-6-4-15(9)11/h1,3,7H,2,4-6H2,(H,12,16). The van der Waals surface area contributed by atoms with E-state index in [2.05, 4.69) is 15.2 Å². The van der Waals surface area contributed by atoms with Gasteiger partial charge >= 0.3 is 0 Å². The molecule has 0 bridgehead atoms. The Labute approximate surface area is 97.3 Å². The summed E-state index contributed by atoms with van der Waals surface area (Å²) in [4.78, 5) is 13.9. The number of pyridine rings is 1. The molecule has 88 valence electrons. The molecule has 6 nitrogen and oxygen atoms in total. The van der Waals surface area contributed by atoms with Crippen LogP contribution in [0.25, 0.3) is 11.4 Å². The zero-order chi connectivity index (χ0) is 11.7. The molecule has 0 amide bonds. The molecule has 0 spiro atoms. The minimum Gasteiger partial charge on any atom is -0.379 e. The summed E-state index contributed by atoms with van der Waals surface area (Å²) in [5, 5.41) is 8.30. The zero-order valence-electron chi connectivity index (χ0n) is 9.22. The Kier molecular flexibility index (Phi) is 2.49. The van der Waals surface area contributed by atoms with Crippen LogP contribution in [0.15, 0.2) is 23.1 Å². The molecule has 0 radical (unpaired) electrons. The van der Waals surface area contributed by atoms with E-state index in [9.17, 15) is 4.79 Å². The quantitative estimate of drug-likeness (QED) is 0.762. The lowest BCUT2D eigenvalue weighted by Gasteiger charge is -2.05. The van der Waals surface area contributed by atoms with E-state index >= 15 is 0 Å². The third-order valence-corrected chi connectivity index (χ3v) is 2.79. The highest BCUT2D eigenvalue weighted by atomic mass is 16.5. The molecule has 0 atom stereocenters. The summed E-state index contributed by atoms with van der Waals surface area (Å²) in [5.74, 6) is 1.65. The first-order chi connectivity index (χ1) is 8.34. The van der Waals surface area contributed by atoms with Crippen molar-refractivity contribution in [1.29, 1.82) is 0 Å². The second-order valence-electron chi connectivity index (χ2n) is 3.90. The first-order valence-corrected chi connectivity index (χ1v) is 5.53. The van der Waals surface area contributed by atoms with Crippen LogP contribution in [0.1, 0.15) is 5.82 Å². The first kappa shape index (κ1) is 10.2. The largest absolute Gasteiger partial charge is 0.379 e. The van der Waals surface area contributed by atoms with Gasteiger partial charge in [-0.15, -0.1) is 10.2 Å². The van der Waals surface area contributed by atoms with Crippen LogP contribution in [-0.2, 0) is 17.7 Å². The van der Waals surface area contributed by atoms with Crippen LogP contribution in [0.5, 0.6) is 0 Å². The minimum absolute atomic E-state index is 0.135. The molecule has 0 aromatic carbocycles. The fourth-order valence-electron chi connectivity index (χ4n) is 1.97. The third kappa shape index (κ3) is 1.87. The fraction of sp³-hybridized carbons (Fsp3) is 0.364. The van der Waals surface area contributed by atoms with Crippen molar-refractivity contribution in [2.45, 2.75) is 13.0 Å². The molecule has 2 aromatic rings. The molecule has 0 fully saturated rings. The molecule has 2 aromatic heterocycles. The molecule has 1 aliphatic rings. The average Bonchev–Trinajstić information content (AvgIpc) is 2.59. The van der Waals surface area contributed by atoms with Gasteiger partial charge in [-0.05, 0) is 6.07 Å². The Morgan fingerprint density at radius 2 is 2.29 bits per heavy atom. The maximum absolute atomic E-state index is 11.3. The van der Waals surface area contributed by atoms with Crippen LogP contribution in [-0.4, -0.2) is 33.0 Å². The van der Waals surface area contributed by atoms with Crippen molar-refractivity contribution in [3.63, 3.8) is 0 Å². The summed E-state index contributed by atoms with van der Waals surface area (Å²) in [6.07, 6.45) is 2.38. The normalized spacial score (nSPS) is 15.3. The molecule has 0 saturated heterocycles. The van der Waals surface area contributed by atoms with E-state index in [-0.39, 0.29) is 5.56 Å². The lowest BCUT2D eigenvalue weighted by Crippen LogP contribution is -2.08. The van der Waals surface area contributed by atoms with E-state index in [1.807, 2.05) is 10.6 Å². The van der Waals surface area contributed by atoms with Crippen LogP contribution >= 0.6 is 0 Å². The molecule has 6 heteroatoms. The van der Waals surface area contributed by atoms with Crippen LogP contribution in [0.4, 0.5) is 0 Å². The second kappa shape index (κ2) is 4.14. The van der Waals surface area contributed by atoms with Gasteiger partial charge in [0.1, 0.15) is 5.82 Å². The highest BCUT2D eigenvalue weighted by Crippen LogP contribution is 2.17. The fourth-order valence-corrected chi connectivity index (χ4v) is 1.97. The van der Waals surface area contributed by atoms with Crippen molar-refractivity contribution in [2.75, 3.05) is 13.2 Å². The molecule has 17 heavy (non-hydrogen) atoms. The summed E-state index contributed by atoms with van der Waals surface area (Å²) in [6, 6.07) is 3.35. The van der Waals surface area contributed by atoms with Crippen molar-refractivity contribution >= 4 is 0 Å². The molecule has 3 heterocycles. The Balaban J connectivity index is 2.09. The summed E-state index contributed by atoms with van der Waals surface area (Å²) < 4.78 is 7.41. The number of ether oxygens (including phenoxy) is 1. The summed E-state index contributed by atoms with van der Waals surface area (Å²) in [5.41, 5.74) is 0.652. The molecule has 3 rings (SSSR count). The van der Waals surface area contributed by atoms with Crippen molar-refractivity contribution in [3.8, 4) is 11.4 Å². The molecular weight excluding hydrogens is 220 g/mol. The van der Waals surface area contributed by atoms with Crippen LogP contribution in [0.3, 0.4) is 0 Å². The lowest BCUT2D eigenvalue weighted by atomic mass is 10.2. The molecule has 1 aliphatic heterocycles. The van der Waals surface area contributed by atoms with E-state index < -0.39 is 0 Å². The van der Waals surface area contributed by atoms with E-state index in [1.165, 1.54) is 6.07 Å². The van der Waals surface area contributed by atoms with E-state index in [0.717, 1.165) is 30.2 Å². The Hall–Kier alpha value is -1.95. The SMILES string of the molecule is O=c1cc(-c2nnc3n2CCOCC3)cc[nH]1. The predicted molar refractivity (Wildman–Crippen MR) is 60.6 cm³/mol. The van der Waals surface area contributed by atoms with E-state index in [0.29, 0.717) is 13.2 Å². The lowest BCUT2D eigenvalue weighted by molar-refractivity contribution is 0.140. The summed E-state index contributed by atoms with van der Waals surface area (Å²) >= 11 is 0. The van der Waals surface area contributed by atoms with Gasteiger partial charge in [0.05, 0.1) is 13.2 Å². The van der Waals surface area contributed by atoms with Gasteiger partial charge in [0.15, 0.2) is 5.82 Å². The molecule has 0 saturated carbocycles. The van der Waals surface area contributed by atoms with Crippen molar-refractivity contribution in [1.82, 2.24) is 19.7 Å². The van der Waals surface area contributed by atoms with Gasteiger partial charge in [0.2, 0.25) is 5.56 Å². The number of aromatic nitrogens is 4. The molecular formula is C11H12N4O2. The van der Waals surface area contributed by atoms with Gasteiger partial charge in [0, 0.05) is 30.8 Å². The topological polar surface area (TPSA) is 72.8 Å². The Bertz CT molecular complexity index is 587. The van der Waals surface area contributed by atoms with Crippen molar-refractivity contribution < 1.29 is 4.74 Å². The van der Waals surface area contributed by atoms with Crippen LogP contribution in [0.2, 0.25) is 0 Å². The van der Waals surface area contributed by atoms with Crippen LogP contribution < -0.4 is 5.56 Å². The van der Waals surface area contributed by atoms with Crippen molar-refractivity contribution in [3.05, 3.63) is 34.5 Å². The van der Waals surface area contributed by atoms with Gasteiger partial charge in [0.25, 0.3) is 0 Å². The maximum atomic E-state index is 11.3. The first-order valence-electron chi connectivity index (χ1n) is 5.53. The second-order valence-corrected chi connectivity index (χ2v) is 3.90. The molecule has 0 aliphatic carbocycles. The summed E-state index contributed by atoms with van der Waals surface area (Å²) in [6.45, 7) is 2.05. The van der Waals surface area contributed by atoms with Crippen LogP contribution in [0, 0.1) is 0 Å². The van der Waals surface area contributed by atoms with Crippen molar-refractivity contribution in [2.24, 2.45) is 0 Å².